The van der Waals surface area contributed by atoms with Crippen LogP contribution in [-0.4, -0.2) is 20.7 Å². The number of hydrogen-bond donors (Lipinski definition) is 2. The number of halogens is 1. The van der Waals surface area contributed by atoms with E-state index in [1.807, 2.05) is 49.5 Å². The molecule has 0 saturated heterocycles. The van der Waals surface area contributed by atoms with Crippen LogP contribution in [0.3, 0.4) is 0 Å². The number of nitrogens with one attached hydrogen (secondary N) is 2. The van der Waals surface area contributed by atoms with Gasteiger partial charge in [0.1, 0.15) is 5.69 Å². The number of amides is 1. The van der Waals surface area contributed by atoms with Crippen molar-refractivity contribution < 1.29 is 4.79 Å². The molecule has 2 aromatic carbocycles. The first kappa shape index (κ1) is 15.5. The van der Waals surface area contributed by atoms with Crippen molar-refractivity contribution in [2.45, 2.75) is 6.92 Å². The fourth-order valence-corrected chi connectivity index (χ4v) is 2.94. The third kappa shape index (κ3) is 3.02. The van der Waals surface area contributed by atoms with Crippen LogP contribution in [0.5, 0.6) is 0 Å². The second kappa shape index (κ2) is 6.11. The van der Waals surface area contributed by atoms with E-state index in [0.717, 1.165) is 22.2 Å². The van der Waals surface area contributed by atoms with Gasteiger partial charge >= 0.3 is 0 Å². The van der Waals surface area contributed by atoms with Crippen LogP contribution in [0.15, 0.2) is 60.9 Å². The summed E-state index contributed by atoms with van der Waals surface area (Å²) in [5.41, 5.74) is 3.90. The molecule has 0 radical (unpaired) electrons. The second-order valence-corrected chi connectivity index (χ2v) is 6.28. The zero-order valence-corrected chi connectivity index (χ0v) is 14.2. The Balaban J connectivity index is 1.69. The number of aryl methyl sites for hydroxylation is 1. The van der Waals surface area contributed by atoms with Crippen molar-refractivity contribution in [3.63, 3.8) is 0 Å². The summed E-state index contributed by atoms with van der Waals surface area (Å²) in [6.45, 7) is 2.02. The van der Waals surface area contributed by atoms with Crippen molar-refractivity contribution in [1.82, 2.24) is 14.8 Å². The summed E-state index contributed by atoms with van der Waals surface area (Å²) in [5.74, 6) is -0.232. The van der Waals surface area contributed by atoms with Gasteiger partial charge in [-0.15, -0.1) is 0 Å². The van der Waals surface area contributed by atoms with E-state index in [1.54, 1.807) is 23.0 Å². The van der Waals surface area contributed by atoms with Gasteiger partial charge in [-0.1, -0.05) is 23.7 Å². The van der Waals surface area contributed by atoms with Crippen LogP contribution in [0.25, 0.3) is 16.6 Å². The monoisotopic (exact) mass is 350 g/mol. The Hall–Kier alpha value is -3.05. The number of aromatic amines is 1. The van der Waals surface area contributed by atoms with E-state index in [2.05, 4.69) is 15.4 Å². The number of rotatable bonds is 3. The number of aromatic nitrogens is 3. The molecule has 2 heterocycles. The maximum absolute atomic E-state index is 12.7. The third-order valence-electron chi connectivity index (χ3n) is 3.98. The summed E-state index contributed by atoms with van der Waals surface area (Å²) in [6, 6.07) is 15.0. The van der Waals surface area contributed by atoms with Gasteiger partial charge in [0, 0.05) is 28.3 Å². The van der Waals surface area contributed by atoms with Gasteiger partial charge in [-0.25, -0.2) is 4.68 Å². The number of anilines is 1. The summed E-state index contributed by atoms with van der Waals surface area (Å²) >= 11 is 6.10. The van der Waals surface area contributed by atoms with Crippen LogP contribution >= 0.6 is 11.6 Å². The number of H-pyrrole nitrogens is 1. The molecule has 0 aliphatic carbocycles. The molecule has 0 aliphatic heterocycles. The lowest BCUT2D eigenvalue weighted by Gasteiger charge is -2.11. The van der Waals surface area contributed by atoms with Crippen LogP contribution in [0.2, 0.25) is 5.02 Å². The van der Waals surface area contributed by atoms with E-state index in [1.165, 1.54) is 0 Å². The van der Waals surface area contributed by atoms with Crippen LogP contribution in [0, 0.1) is 6.92 Å². The normalized spacial score (nSPS) is 11.0. The summed E-state index contributed by atoms with van der Waals surface area (Å²) in [5, 5.41) is 8.67. The van der Waals surface area contributed by atoms with Crippen molar-refractivity contribution in [2.24, 2.45) is 0 Å². The molecule has 4 aromatic rings. The van der Waals surface area contributed by atoms with Gasteiger partial charge in [-0.2, -0.15) is 5.10 Å². The molecule has 4 rings (SSSR count). The largest absolute Gasteiger partial charge is 0.351 e. The second-order valence-electron chi connectivity index (χ2n) is 5.84. The van der Waals surface area contributed by atoms with E-state index in [0.29, 0.717) is 16.4 Å². The lowest BCUT2D eigenvalue weighted by Crippen LogP contribution is -2.14. The number of hydrogen-bond acceptors (Lipinski definition) is 2. The summed E-state index contributed by atoms with van der Waals surface area (Å²) in [4.78, 5) is 15.8. The van der Waals surface area contributed by atoms with Crippen LogP contribution < -0.4 is 5.32 Å². The minimum atomic E-state index is -0.232. The van der Waals surface area contributed by atoms with Crippen LogP contribution in [0.1, 0.15) is 16.1 Å². The lowest BCUT2D eigenvalue weighted by molar-refractivity contribution is 0.102. The van der Waals surface area contributed by atoms with E-state index in [9.17, 15) is 4.79 Å². The fraction of sp³-hybridized carbons (Fsp3) is 0.0526. The highest BCUT2D eigenvalue weighted by Crippen LogP contribution is 2.25. The van der Waals surface area contributed by atoms with Gasteiger partial charge in [-0.05, 0) is 48.9 Å². The van der Waals surface area contributed by atoms with E-state index >= 15 is 0 Å². The highest BCUT2D eigenvalue weighted by molar-refractivity contribution is 6.31. The topological polar surface area (TPSA) is 62.7 Å². The molecule has 0 spiro atoms. The molecule has 0 saturated carbocycles. The molecular weight excluding hydrogens is 336 g/mol. The number of nitrogens with zero attached hydrogens (tertiary/aromatic N) is 2. The quantitative estimate of drug-likeness (QED) is 0.568. The Morgan fingerprint density at radius 1 is 1.20 bits per heavy atom. The molecule has 0 bridgehead atoms. The van der Waals surface area contributed by atoms with Crippen LogP contribution in [-0.2, 0) is 0 Å². The molecule has 1 amide bonds. The number of carbonyl (C=O) groups excluding carboxylic acids is 1. The van der Waals surface area contributed by atoms with E-state index in [4.69, 9.17) is 11.6 Å². The smallest absolute Gasteiger partial charge is 0.272 e. The van der Waals surface area contributed by atoms with Gasteiger partial charge in [0.05, 0.1) is 11.4 Å². The van der Waals surface area contributed by atoms with Gasteiger partial charge < -0.3 is 10.3 Å². The first-order valence-electron chi connectivity index (χ1n) is 7.80. The Labute approximate surface area is 149 Å². The minimum absolute atomic E-state index is 0.232. The Morgan fingerprint density at radius 2 is 2.08 bits per heavy atom. The summed E-state index contributed by atoms with van der Waals surface area (Å²) in [6.07, 6.45) is 3.49. The van der Waals surface area contributed by atoms with Crippen molar-refractivity contribution in [2.75, 3.05) is 5.32 Å². The Kier molecular flexibility index (Phi) is 3.78. The SMILES string of the molecule is Cc1ccc2cc(C(=O)Nc3cc(Cl)ccc3-n3cccn3)[nH]c2c1. The van der Waals surface area contributed by atoms with Gasteiger partial charge in [0.25, 0.3) is 5.91 Å². The highest BCUT2D eigenvalue weighted by Gasteiger charge is 2.13. The molecule has 2 aromatic heterocycles. The molecule has 0 fully saturated rings. The van der Waals surface area contributed by atoms with Gasteiger partial charge in [-0.3, -0.25) is 4.79 Å². The molecule has 2 N–H and O–H groups in total. The third-order valence-corrected chi connectivity index (χ3v) is 4.22. The number of carbonyl (C=O) groups is 1. The molecule has 5 nitrogen and oxygen atoms in total. The van der Waals surface area contributed by atoms with Crippen LogP contribution in [0.4, 0.5) is 5.69 Å². The maximum Gasteiger partial charge on any atom is 0.272 e. The van der Waals surface area contributed by atoms with Crippen molar-refractivity contribution in [3.8, 4) is 5.69 Å². The zero-order chi connectivity index (χ0) is 17.4. The molecular formula is C19H15ClN4O. The first-order chi connectivity index (χ1) is 12.1. The Bertz CT molecular complexity index is 1070. The lowest BCUT2D eigenvalue weighted by atomic mass is 10.2. The van der Waals surface area contributed by atoms with Crippen molar-refractivity contribution >= 4 is 34.1 Å². The minimum Gasteiger partial charge on any atom is -0.351 e. The molecule has 0 unspecified atom stereocenters. The standard InChI is InChI=1S/C19H15ClN4O/c1-12-3-4-13-10-17(22-15(13)9-12)19(25)23-16-11-14(20)5-6-18(16)24-8-2-7-21-24/h2-11,22H,1H3,(H,23,25). The maximum atomic E-state index is 12.7. The van der Waals surface area contributed by atoms with E-state index < -0.39 is 0 Å². The summed E-state index contributed by atoms with van der Waals surface area (Å²) in [7, 11) is 0. The molecule has 124 valence electrons. The number of benzene rings is 2. The van der Waals surface area contributed by atoms with Gasteiger partial charge in [0.15, 0.2) is 0 Å². The molecule has 25 heavy (non-hydrogen) atoms. The van der Waals surface area contributed by atoms with Gasteiger partial charge in [0.2, 0.25) is 0 Å². The van der Waals surface area contributed by atoms with Crippen molar-refractivity contribution in [1.29, 1.82) is 0 Å². The number of fused-ring (bicyclic) bond motifs is 1. The average molecular weight is 351 g/mol. The molecule has 0 atom stereocenters. The Morgan fingerprint density at radius 3 is 2.88 bits per heavy atom. The predicted octanol–water partition coefficient (Wildman–Crippen LogP) is 4.57. The van der Waals surface area contributed by atoms with Crippen molar-refractivity contribution in [3.05, 3.63) is 77.2 Å². The fourth-order valence-electron chi connectivity index (χ4n) is 2.77. The molecule has 0 aliphatic rings. The predicted molar refractivity (Wildman–Crippen MR) is 99.6 cm³/mol. The first-order valence-corrected chi connectivity index (χ1v) is 8.18. The van der Waals surface area contributed by atoms with E-state index in [-0.39, 0.29) is 5.91 Å². The molecule has 6 heteroatoms. The average Bonchev–Trinajstić information content (AvgIpc) is 3.23. The summed E-state index contributed by atoms with van der Waals surface area (Å²) < 4.78 is 1.68. The zero-order valence-electron chi connectivity index (χ0n) is 13.5. The highest BCUT2D eigenvalue weighted by atomic mass is 35.5.